The van der Waals surface area contributed by atoms with Gasteiger partial charge in [0.25, 0.3) is 5.56 Å². The van der Waals surface area contributed by atoms with E-state index in [1.165, 1.54) is 0 Å². The van der Waals surface area contributed by atoms with E-state index in [-0.39, 0.29) is 5.56 Å². The Labute approximate surface area is 125 Å². The van der Waals surface area contributed by atoms with Crippen molar-refractivity contribution in [2.75, 3.05) is 17.7 Å². The van der Waals surface area contributed by atoms with Crippen molar-refractivity contribution in [1.82, 2.24) is 9.55 Å². The monoisotopic (exact) mass is 286 g/mol. The molecule has 0 saturated heterocycles. The zero-order valence-electron chi connectivity index (χ0n) is 12.8. The number of nitrogens with two attached hydrogens (primary N) is 1. The summed E-state index contributed by atoms with van der Waals surface area (Å²) >= 11 is 0. The van der Waals surface area contributed by atoms with Crippen molar-refractivity contribution in [3.05, 3.63) is 52.6 Å². The molecule has 0 spiro atoms. The highest BCUT2D eigenvalue weighted by atomic mass is 16.1. The van der Waals surface area contributed by atoms with Crippen LogP contribution in [0.3, 0.4) is 0 Å². The summed E-state index contributed by atoms with van der Waals surface area (Å²) in [6.07, 6.45) is 3.42. The molecule has 1 aromatic heterocycles. The van der Waals surface area contributed by atoms with E-state index < -0.39 is 0 Å². The van der Waals surface area contributed by atoms with Gasteiger partial charge in [0.2, 0.25) is 0 Å². The number of rotatable bonds is 5. The van der Waals surface area contributed by atoms with E-state index in [9.17, 15) is 4.79 Å². The normalized spacial score (nSPS) is 10.9. The van der Waals surface area contributed by atoms with Gasteiger partial charge in [0.05, 0.1) is 0 Å². The van der Waals surface area contributed by atoms with Crippen molar-refractivity contribution < 1.29 is 0 Å². The fraction of sp³-hybridized carbons (Fsp3) is 0.375. The number of benzene rings is 1. The molecule has 0 aliphatic heterocycles. The van der Waals surface area contributed by atoms with E-state index in [4.69, 9.17) is 5.73 Å². The van der Waals surface area contributed by atoms with Crippen LogP contribution in [0.2, 0.25) is 0 Å². The zero-order valence-corrected chi connectivity index (χ0v) is 12.8. The molecule has 0 amide bonds. The van der Waals surface area contributed by atoms with Gasteiger partial charge < -0.3 is 15.2 Å². The minimum absolute atomic E-state index is 0.0517. The van der Waals surface area contributed by atoms with Gasteiger partial charge >= 0.3 is 0 Å². The summed E-state index contributed by atoms with van der Waals surface area (Å²) in [5.74, 6) is 0.885. The molecule has 0 aliphatic carbocycles. The molecule has 1 aromatic carbocycles. The van der Waals surface area contributed by atoms with E-state index in [2.05, 4.69) is 18.8 Å². The molecule has 0 saturated carbocycles. The SMILES string of the molecule is CC(C)Cn1ccnc(N(C)Cc2ccc(N)cc2)c1=O. The highest BCUT2D eigenvalue weighted by Gasteiger charge is 2.11. The summed E-state index contributed by atoms with van der Waals surface area (Å²) in [4.78, 5) is 18.5. The summed E-state index contributed by atoms with van der Waals surface area (Å²) in [5.41, 5.74) is 7.45. The standard InChI is InChI=1S/C16H22N4O/c1-12(2)10-20-9-8-18-15(16(20)21)19(3)11-13-4-6-14(17)7-5-13/h4-9,12H,10-11,17H2,1-3H3. The van der Waals surface area contributed by atoms with Crippen LogP contribution in [0.1, 0.15) is 19.4 Å². The molecule has 0 radical (unpaired) electrons. The molecule has 0 unspecified atom stereocenters. The van der Waals surface area contributed by atoms with Gasteiger partial charge in [0.1, 0.15) is 0 Å². The van der Waals surface area contributed by atoms with E-state index in [1.807, 2.05) is 36.2 Å². The van der Waals surface area contributed by atoms with Crippen LogP contribution in [0, 0.1) is 5.92 Å². The highest BCUT2D eigenvalue weighted by molar-refractivity contribution is 5.41. The van der Waals surface area contributed by atoms with Crippen LogP contribution in [-0.4, -0.2) is 16.6 Å². The molecule has 0 bridgehead atoms. The number of nitrogens with zero attached hydrogens (tertiary/aromatic N) is 3. The van der Waals surface area contributed by atoms with E-state index in [0.29, 0.717) is 24.8 Å². The summed E-state index contributed by atoms with van der Waals surface area (Å²) in [6.45, 7) is 5.49. The molecular formula is C16H22N4O. The predicted molar refractivity (Wildman–Crippen MR) is 86.3 cm³/mol. The smallest absolute Gasteiger partial charge is 0.293 e. The second-order valence-electron chi connectivity index (χ2n) is 5.70. The third-order valence-electron chi connectivity index (χ3n) is 3.22. The Balaban J connectivity index is 2.21. The van der Waals surface area contributed by atoms with Crippen molar-refractivity contribution >= 4 is 11.5 Å². The molecule has 112 valence electrons. The lowest BCUT2D eigenvalue weighted by Gasteiger charge is -2.19. The fourth-order valence-corrected chi connectivity index (χ4v) is 2.21. The Hall–Kier alpha value is -2.30. The van der Waals surface area contributed by atoms with Gasteiger partial charge in [-0.1, -0.05) is 26.0 Å². The molecule has 0 aliphatic rings. The first kappa shape index (κ1) is 15.1. The lowest BCUT2D eigenvalue weighted by Crippen LogP contribution is -2.31. The molecule has 0 fully saturated rings. The minimum atomic E-state index is -0.0517. The molecule has 5 heteroatoms. The van der Waals surface area contributed by atoms with Crippen LogP contribution in [0.15, 0.2) is 41.5 Å². The largest absolute Gasteiger partial charge is 0.399 e. The van der Waals surface area contributed by atoms with Crippen molar-refractivity contribution in [3.63, 3.8) is 0 Å². The summed E-state index contributed by atoms with van der Waals surface area (Å²) in [6, 6.07) is 7.64. The quantitative estimate of drug-likeness (QED) is 0.855. The van der Waals surface area contributed by atoms with Crippen LogP contribution >= 0.6 is 0 Å². The van der Waals surface area contributed by atoms with Crippen LogP contribution in [0.4, 0.5) is 11.5 Å². The number of hydrogen-bond acceptors (Lipinski definition) is 4. The summed E-state index contributed by atoms with van der Waals surface area (Å²) in [5, 5.41) is 0. The first-order valence-electron chi connectivity index (χ1n) is 7.08. The molecule has 0 atom stereocenters. The average Bonchev–Trinajstić information content (AvgIpc) is 2.43. The van der Waals surface area contributed by atoms with Gasteiger partial charge in [-0.15, -0.1) is 0 Å². The lowest BCUT2D eigenvalue weighted by molar-refractivity contribution is 0.508. The maximum Gasteiger partial charge on any atom is 0.293 e. The Kier molecular flexibility index (Phi) is 4.62. The number of anilines is 2. The van der Waals surface area contributed by atoms with Gasteiger partial charge in [-0.25, -0.2) is 4.98 Å². The van der Waals surface area contributed by atoms with Crippen LogP contribution in [0.5, 0.6) is 0 Å². The number of nitrogen functional groups attached to an aromatic ring is 1. The molecule has 5 nitrogen and oxygen atoms in total. The number of hydrogen-bond donors (Lipinski definition) is 1. The fourth-order valence-electron chi connectivity index (χ4n) is 2.21. The Morgan fingerprint density at radius 1 is 1.29 bits per heavy atom. The third kappa shape index (κ3) is 3.84. The van der Waals surface area contributed by atoms with Crippen molar-refractivity contribution in [1.29, 1.82) is 0 Å². The average molecular weight is 286 g/mol. The third-order valence-corrected chi connectivity index (χ3v) is 3.22. The van der Waals surface area contributed by atoms with Crippen molar-refractivity contribution in [2.45, 2.75) is 26.9 Å². The Morgan fingerprint density at radius 2 is 1.95 bits per heavy atom. The van der Waals surface area contributed by atoms with Gasteiger partial charge in [-0.3, -0.25) is 4.79 Å². The van der Waals surface area contributed by atoms with Crippen molar-refractivity contribution in [3.8, 4) is 0 Å². The molecule has 2 aromatic rings. The van der Waals surface area contributed by atoms with Gasteiger partial charge in [-0.05, 0) is 23.6 Å². The molecule has 1 heterocycles. The summed E-state index contributed by atoms with van der Waals surface area (Å²) < 4.78 is 1.71. The second-order valence-corrected chi connectivity index (χ2v) is 5.70. The van der Waals surface area contributed by atoms with Crippen LogP contribution < -0.4 is 16.2 Å². The van der Waals surface area contributed by atoms with E-state index in [1.54, 1.807) is 17.0 Å². The van der Waals surface area contributed by atoms with Gasteiger partial charge in [0, 0.05) is 38.2 Å². The zero-order chi connectivity index (χ0) is 15.4. The molecule has 21 heavy (non-hydrogen) atoms. The van der Waals surface area contributed by atoms with E-state index >= 15 is 0 Å². The molecule has 2 N–H and O–H groups in total. The Bertz CT molecular complexity index is 646. The van der Waals surface area contributed by atoms with Gasteiger partial charge in [0.15, 0.2) is 5.82 Å². The predicted octanol–water partition coefficient (Wildman–Crippen LogP) is 2.12. The molecular weight excluding hydrogens is 264 g/mol. The van der Waals surface area contributed by atoms with E-state index in [0.717, 1.165) is 11.3 Å². The first-order chi connectivity index (χ1) is 9.97. The molecule has 2 rings (SSSR count). The van der Waals surface area contributed by atoms with Crippen molar-refractivity contribution in [2.24, 2.45) is 5.92 Å². The maximum absolute atomic E-state index is 12.4. The lowest BCUT2D eigenvalue weighted by atomic mass is 10.2. The topological polar surface area (TPSA) is 64.2 Å². The maximum atomic E-state index is 12.4. The van der Waals surface area contributed by atoms with Crippen LogP contribution in [0.25, 0.3) is 0 Å². The number of aromatic nitrogens is 2. The Morgan fingerprint density at radius 3 is 2.57 bits per heavy atom. The highest BCUT2D eigenvalue weighted by Crippen LogP contribution is 2.11. The first-order valence-corrected chi connectivity index (χ1v) is 7.08. The van der Waals surface area contributed by atoms with Crippen LogP contribution in [-0.2, 0) is 13.1 Å². The summed E-state index contributed by atoms with van der Waals surface area (Å²) in [7, 11) is 1.87. The second kappa shape index (κ2) is 6.43. The minimum Gasteiger partial charge on any atom is -0.399 e. The van der Waals surface area contributed by atoms with Gasteiger partial charge in [-0.2, -0.15) is 0 Å².